The minimum Gasteiger partial charge on any atom is -0.493 e. The van der Waals surface area contributed by atoms with E-state index >= 15 is 0 Å². The van der Waals surface area contributed by atoms with E-state index in [4.69, 9.17) is 14.5 Å². The quantitative estimate of drug-likeness (QED) is 0.358. The molecule has 31 heavy (non-hydrogen) atoms. The maximum atomic E-state index is 13.4. The summed E-state index contributed by atoms with van der Waals surface area (Å²) in [7, 11) is 3.09. The van der Waals surface area contributed by atoms with Gasteiger partial charge in [-0.15, -0.1) is 0 Å². The minimum absolute atomic E-state index is 0.0646. The summed E-state index contributed by atoms with van der Waals surface area (Å²) in [4.78, 5) is 30.3. The van der Waals surface area contributed by atoms with Gasteiger partial charge in [-0.2, -0.15) is 0 Å². The molecule has 1 aliphatic rings. The molecule has 1 aromatic heterocycles. The molecule has 0 aliphatic heterocycles. The van der Waals surface area contributed by atoms with Crippen molar-refractivity contribution < 1.29 is 14.3 Å². The number of carbonyl (C=O) groups excluding carboxylic acids is 1. The number of thioether (sulfide) groups is 1. The van der Waals surface area contributed by atoms with Gasteiger partial charge >= 0.3 is 0 Å². The van der Waals surface area contributed by atoms with Gasteiger partial charge in [0.05, 0.1) is 30.9 Å². The number of amides is 1. The second-order valence-corrected chi connectivity index (χ2v) is 8.89. The number of allylic oxidation sites excluding steroid dienone is 2. The first-order valence-corrected chi connectivity index (χ1v) is 11.7. The Morgan fingerprint density at radius 1 is 1.23 bits per heavy atom. The van der Waals surface area contributed by atoms with Gasteiger partial charge in [0.2, 0.25) is 5.91 Å². The number of nitrogens with zero attached hydrogens (tertiary/aromatic N) is 2. The lowest BCUT2D eigenvalue weighted by molar-refractivity contribution is -0.119. The summed E-state index contributed by atoms with van der Waals surface area (Å²) in [6, 6.07) is 3.46. The molecular weight excluding hydrogens is 414 g/mol. The van der Waals surface area contributed by atoms with Gasteiger partial charge in [0.15, 0.2) is 16.7 Å². The van der Waals surface area contributed by atoms with E-state index in [9.17, 15) is 9.59 Å². The number of rotatable bonds is 9. The van der Waals surface area contributed by atoms with Crippen LogP contribution in [-0.2, 0) is 11.3 Å². The highest BCUT2D eigenvalue weighted by Gasteiger charge is 2.17. The molecule has 0 unspecified atom stereocenters. The summed E-state index contributed by atoms with van der Waals surface area (Å²) < 4.78 is 12.4. The SMILES string of the molecule is COc1cc2nc(SCC(=O)NC(C)C)n(CCC3=CCCCC3)c(=O)c2cc1OC. The van der Waals surface area contributed by atoms with Gasteiger partial charge in [0.25, 0.3) is 5.56 Å². The third-order valence-electron chi connectivity index (χ3n) is 5.25. The van der Waals surface area contributed by atoms with Crippen molar-refractivity contribution in [2.45, 2.75) is 63.7 Å². The van der Waals surface area contributed by atoms with E-state index < -0.39 is 0 Å². The lowest BCUT2D eigenvalue weighted by Gasteiger charge is -2.17. The Kier molecular flexibility index (Phi) is 8.01. The van der Waals surface area contributed by atoms with E-state index in [1.54, 1.807) is 30.9 Å². The lowest BCUT2D eigenvalue weighted by atomic mass is 9.97. The largest absolute Gasteiger partial charge is 0.493 e. The summed E-state index contributed by atoms with van der Waals surface area (Å²) in [6.07, 6.45) is 7.72. The van der Waals surface area contributed by atoms with Crippen LogP contribution in [0.5, 0.6) is 11.5 Å². The number of hydrogen-bond acceptors (Lipinski definition) is 6. The van der Waals surface area contributed by atoms with Crippen LogP contribution in [0.3, 0.4) is 0 Å². The number of methoxy groups -OCH3 is 2. The number of benzene rings is 1. The van der Waals surface area contributed by atoms with Gasteiger partial charge in [0.1, 0.15) is 0 Å². The highest BCUT2D eigenvalue weighted by molar-refractivity contribution is 7.99. The van der Waals surface area contributed by atoms with Crippen molar-refractivity contribution >= 4 is 28.6 Å². The van der Waals surface area contributed by atoms with Crippen LogP contribution in [0.1, 0.15) is 46.0 Å². The molecular formula is C23H31N3O4S. The summed E-state index contributed by atoms with van der Waals surface area (Å²) in [5, 5.41) is 3.90. The number of ether oxygens (including phenoxy) is 2. The van der Waals surface area contributed by atoms with Crippen LogP contribution in [-0.4, -0.2) is 41.5 Å². The summed E-state index contributed by atoms with van der Waals surface area (Å²) >= 11 is 1.28. The topological polar surface area (TPSA) is 82.5 Å². The number of carbonyl (C=O) groups is 1. The number of hydrogen-bond donors (Lipinski definition) is 1. The molecule has 0 saturated heterocycles. The van der Waals surface area contributed by atoms with Crippen LogP contribution in [0.2, 0.25) is 0 Å². The molecule has 1 heterocycles. The molecule has 0 saturated carbocycles. The Balaban J connectivity index is 1.98. The number of aromatic nitrogens is 2. The molecule has 0 atom stereocenters. The van der Waals surface area contributed by atoms with E-state index in [0.717, 1.165) is 19.3 Å². The zero-order valence-corrected chi connectivity index (χ0v) is 19.5. The predicted octanol–water partition coefficient (Wildman–Crippen LogP) is 3.92. The summed E-state index contributed by atoms with van der Waals surface area (Å²) in [5.41, 5.74) is 1.79. The van der Waals surface area contributed by atoms with Crippen molar-refractivity contribution in [3.05, 3.63) is 34.1 Å². The molecule has 0 radical (unpaired) electrons. The Bertz CT molecular complexity index is 1030. The molecule has 7 nitrogen and oxygen atoms in total. The first-order valence-electron chi connectivity index (χ1n) is 10.7. The Hall–Kier alpha value is -2.48. The smallest absolute Gasteiger partial charge is 0.262 e. The van der Waals surface area contributed by atoms with E-state index in [2.05, 4.69) is 11.4 Å². The molecule has 1 N–H and O–H groups in total. The van der Waals surface area contributed by atoms with Gasteiger partial charge in [-0.1, -0.05) is 23.4 Å². The maximum Gasteiger partial charge on any atom is 0.262 e. The average Bonchev–Trinajstić information content (AvgIpc) is 2.76. The second kappa shape index (κ2) is 10.7. The normalized spacial score (nSPS) is 13.9. The molecule has 2 aromatic rings. The third-order valence-corrected chi connectivity index (χ3v) is 6.22. The van der Waals surface area contributed by atoms with E-state index in [1.807, 2.05) is 13.8 Å². The van der Waals surface area contributed by atoms with Crippen molar-refractivity contribution in [2.75, 3.05) is 20.0 Å². The Morgan fingerprint density at radius 3 is 2.61 bits per heavy atom. The standard InChI is InChI=1S/C23H31N3O4S/c1-15(2)24-21(27)14-31-23-25-18-13-20(30-4)19(29-3)12-17(18)22(28)26(23)11-10-16-8-6-5-7-9-16/h8,12-13,15H,5-7,9-11,14H2,1-4H3,(H,24,27). The van der Waals surface area contributed by atoms with Crippen LogP contribution in [0.4, 0.5) is 0 Å². The van der Waals surface area contributed by atoms with Crippen LogP contribution in [0.15, 0.2) is 33.7 Å². The summed E-state index contributed by atoms with van der Waals surface area (Å²) in [6.45, 7) is 4.38. The van der Waals surface area contributed by atoms with E-state index in [-0.39, 0.29) is 23.3 Å². The molecule has 1 aromatic carbocycles. The molecule has 3 rings (SSSR count). The molecule has 0 bridgehead atoms. The third kappa shape index (κ3) is 5.81. The monoisotopic (exact) mass is 445 g/mol. The van der Waals surface area contributed by atoms with Crippen LogP contribution >= 0.6 is 11.8 Å². The number of fused-ring (bicyclic) bond motifs is 1. The Labute approximate surface area is 187 Å². The van der Waals surface area contributed by atoms with Crippen molar-refractivity contribution in [1.82, 2.24) is 14.9 Å². The van der Waals surface area contributed by atoms with Crippen LogP contribution in [0, 0.1) is 0 Å². The molecule has 0 spiro atoms. The van der Waals surface area contributed by atoms with Crippen LogP contribution in [0.25, 0.3) is 10.9 Å². The Morgan fingerprint density at radius 2 is 1.97 bits per heavy atom. The minimum atomic E-state index is -0.130. The fraction of sp³-hybridized carbons (Fsp3) is 0.522. The fourth-order valence-corrected chi connectivity index (χ4v) is 4.55. The molecule has 1 aliphatic carbocycles. The summed E-state index contributed by atoms with van der Waals surface area (Å²) in [5.74, 6) is 1.13. The molecule has 0 fully saturated rings. The van der Waals surface area contributed by atoms with Gasteiger partial charge < -0.3 is 14.8 Å². The van der Waals surface area contributed by atoms with Crippen LogP contribution < -0.4 is 20.3 Å². The van der Waals surface area contributed by atoms with Gasteiger partial charge in [-0.25, -0.2) is 4.98 Å². The first kappa shape index (κ1) is 23.2. The first-order chi connectivity index (χ1) is 14.9. The van der Waals surface area contributed by atoms with Crippen molar-refractivity contribution in [2.24, 2.45) is 0 Å². The highest BCUT2D eigenvalue weighted by Crippen LogP contribution is 2.31. The zero-order valence-electron chi connectivity index (χ0n) is 18.7. The van der Waals surface area contributed by atoms with Gasteiger partial charge in [-0.3, -0.25) is 14.2 Å². The van der Waals surface area contributed by atoms with Gasteiger partial charge in [0, 0.05) is 18.7 Å². The van der Waals surface area contributed by atoms with Crippen molar-refractivity contribution in [1.29, 1.82) is 0 Å². The van der Waals surface area contributed by atoms with Gasteiger partial charge in [-0.05, 0) is 52.0 Å². The zero-order chi connectivity index (χ0) is 22.4. The predicted molar refractivity (Wildman–Crippen MR) is 124 cm³/mol. The average molecular weight is 446 g/mol. The maximum absolute atomic E-state index is 13.4. The van der Waals surface area contributed by atoms with Crippen molar-refractivity contribution in [3.63, 3.8) is 0 Å². The lowest BCUT2D eigenvalue weighted by Crippen LogP contribution is -2.32. The second-order valence-electron chi connectivity index (χ2n) is 7.94. The number of nitrogens with one attached hydrogen (secondary N) is 1. The van der Waals surface area contributed by atoms with E-state index in [0.29, 0.717) is 34.1 Å². The van der Waals surface area contributed by atoms with E-state index in [1.165, 1.54) is 30.2 Å². The molecule has 8 heteroatoms. The van der Waals surface area contributed by atoms with Crippen molar-refractivity contribution in [3.8, 4) is 11.5 Å². The molecule has 1 amide bonds. The molecule has 168 valence electrons. The highest BCUT2D eigenvalue weighted by atomic mass is 32.2. The fourth-order valence-electron chi connectivity index (χ4n) is 3.72.